The SMILES string of the molecule is CCC.CC[n+]1ccc(-c2cnc(-c3ccncc3)cn2)cc1. The first-order chi connectivity index (χ1) is 11.3. The van der Waals surface area contributed by atoms with Crippen molar-refractivity contribution in [2.45, 2.75) is 33.7 Å². The molecule has 3 aromatic heterocycles. The van der Waals surface area contributed by atoms with Gasteiger partial charge in [-0.1, -0.05) is 20.3 Å². The van der Waals surface area contributed by atoms with Gasteiger partial charge in [0.25, 0.3) is 0 Å². The van der Waals surface area contributed by atoms with Gasteiger partial charge in [0.1, 0.15) is 6.54 Å². The van der Waals surface area contributed by atoms with Crippen LogP contribution in [0.1, 0.15) is 27.2 Å². The summed E-state index contributed by atoms with van der Waals surface area (Å²) in [5.41, 5.74) is 3.83. The van der Waals surface area contributed by atoms with Crippen LogP contribution in [0, 0.1) is 0 Å². The van der Waals surface area contributed by atoms with E-state index < -0.39 is 0 Å². The van der Waals surface area contributed by atoms with Crippen LogP contribution in [-0.4, -0.2) is 15.0 Å². The molecule has 3 aromatic rings. The zero-order valence-electron chi connectivity index (χ0n) is 14.0. The highest BCUT2D eigenvalue weighted by molar-refractivity contribution is 5.61. The summed E-state index contributed by atoms with van der Waals surface area (Å²) in [4.78, 5) is 13.0. The number of nitrogens with zero attached hydrogens (tertiary/aromatic N) is 4. The lowest BCUT2D eigenvalue weighted by Crippen LogP contribution is -2.30. The van der Waals surface area contributed by atoms with Gasteiger partial charge in [-0.25, -0.2) is 4.57 Å². The fourth-order valence-corrected chi connectivity index (χ4v) is 1.99. The Bertz CT molecular complexity index is 692. The summed E-state index contributed by atoms with van der Waals surface area (Å²) in [7, 11) is 0. The minimum atomic E-state index is 0.857. The van der Waals surface area contributed by atoms with Gasteiger partial charge in [0.2, 0.25) is 0 Å². The van der Waals surface area contributed by atoms with E-state index in [-0.39, 0.29) is 0 Å². The maximum atomic E-state index is 4.49. The van der Waals surface area contributed by atoms with Crippen LogP contribution in [0.4, 0.5) is 0 Å². The lowest BCUT2D eigenvalue weighted by atomic mass is 10.2. The van der Waals surface area contributed by atoms with Crippen LogP contribution in [0.2, 0.25) is 0 Å². The molecule has 0 fully saturated rings. The first-order valence-electron chi connectivity index (χ1n) is 8.00. The molecule has 23 heavy (non-hydrogen) atoms. The number of aromatic nitrogens is 4. The highest BCUT2D eigenvalue weighted by atomic mass is 14.9. The molecule has 0 aliphatic carbocycles. The lowest BCUT2D eigenvalue weighted by Gasteiger charge is -2.02. The summed E-state index contributed by atoms with van der Waals surface area (Å²) in [5.74, 6) is 0. The van der Waals surface area contributed by atoms with Gasteiger partial charge < -0.3 is 0 Å². The minimum Gasteiger partial charge on any atom is -0.265 e. The van der Waals surface area contributed by atoms with Crippen LogP contribution in [0.5, 0.6) is 0 Å². The van der Waals surface area contributed by atoms with E-state index in [4.69, 9.17) is 0 Å². The monoisotopic (exact) mass is 307 g/mol. The van der Waals surface area contributed by atoms with Crippen molar-refractivity contribution in [3.63, 3.8) is 0 Å². The Morgan fingerprint density at radius 2 is 1.26 bits per heavy atom. The van der Waals surface area contributed by atoms with Gasteiger partial charge in [0, 0.05) is 35.7 Å². The maximum Gasteiger partial charge on any atom is 0.169 e. The number of rotatable bonds is 3. The first-order valence-corrected chi connectivity index (χ1v) is 8.00. The molecule has 0 N–H and O–H groups in total. The van der Waals surface area contributed by atoms with Gasteiger partial charge in [-0.05, 0) is 19.1 Å². The molecule has 0 bridgehead atoms. The van der Waals surface area contributed by atoms with Crippen LogP contribution in [0.3, 0.4) is 0 Å². The van der Waals surface area contributed by atoms with E-state index in [0.29, 0.717) is 0 Å². The van der Waals surface area contributed by atoms with Crippen molar-refractivity contribution in [3.05, 3.63) is 61.4 Å². The van der Waals surface area contributed by atoms with Crippen molar-refractivity contribution in [1.29, 1.82) is 0 Å². The Balaban J connectivity index is 0.000000595. The average molecular weight is 307 g/mol. The third-order valence-electron chi connectivity index (χ3n) is 3.18. The predicted molar refractivity (Wildman–Crippen MR) is 92.5 cm³/mol. The second kappa shape index (κ2) is 8.73. The van der Waals surface area contributed by atoms with Gasteiger partial charge in [0.15, 0.2) is 12.4 Å². The summed E-state index contributed by atoms with van der Waals surface area (Å²) in [6, 6.07) is 7.96. The second-order valence-corrected chi connectivity index (χ2v) is 5.15. The third-order valence-corrected chi connectivity index (χ3v) is 3.18. The van der Waals surface area contributed by atoms with Crippen LogP contribution in [0.25, 0.3) is 22.5 Å². The largest absolute Gasteiger partial charge is 0.265 e. The van der Waals surface area contributed by atoms with Crippen molar-refractivity contribution < 1.29 is 4.57 Å². The van der Waals surface area contributed by atoms with E-state index in [1.54, 1.807) is 24.8 Å². The molecular formula is C19H23N4+. The molecule has 0 saturated heterocycles. The maximum absolute atomic E-state index is 4.49. The van der Waals surface area contributed by atoms with E-state index in [0.717, 1.165) is 29.1 Å². The quantitative estimate of drug-likeness (QED) is 0.689. The van der Waals surface area contributed by atoms with Gasteiger partial charge in [0.05, 0.1) is 23.8 Å². The van der Waals surface area contributed by atoms with Crippen molar-refractivity contribution in [2.24, 2.45) is 0 Å². The van der Waals surface area contributed by atoms with Crippen molar-refractivity contribution in [2.75, 3.05) is 0 Å². The normalized spacial score (nSPS) is 9.87. The molecular weight excluding hydrogens is 284 g/mol. The molecule has 0 atom stereocenters. The van der Waals surface area contributed by atoms with Gasteiger partial charge in [-0.15, -0.1) is 0 Å². The molecule has 0 radical (unpaired) electrons. The Labute approximate surface area is 137 Å². The molecule has 4 nitrogen and oxygen atoms in total. The average Bonchev–Trinajstić information content (AvgIpc) is 2.63. The lowest BCUT2D eigenvalue weighted by molar-refractivity contribution is -0.693. The molecule has 0 aromatic carbocycles. The number of aryl methyl sites for hydroxylation is 1. The van der Waals surface area contributed by atoms with E-state index in [1.165, 1.54) is 6.42 Å². The molecule has 0 amide bonds. The Kier molecular flexibility index (Phi) is 6.36. The van der Waals surface area contributed by atoms with Crippen molar-refractivity contribution >= 4 is 0 Å². The van der Waals surface area contributed by atoms with Crippen LogP contribution in [0.15, 0.2) is 61.4 Å². The fraction of sp³-hybridized carbons (Fsp3) is 0.263. The molecule has 0 saturated carbocycles. The van der Waals surface area contributed by atoms with Gasteiger partial charge >= 0.3 is 0 Å². The first kappa shape index (κ1) is 16.7. The van der Waals surface area contributed by atoms with Crippen molar-refractivity contribution in [3.8, 4) is 22.5 Å². The summed E-state index contributed by atoms with van der Waals surface area (Å²) >= 11 is 0. The van der Waals surface area contributed by atoms with Crippen molar-refractivity contribution in [1.82, 2.24) is 15.0 Å². The zero-order valence-corrected chi connectivity index (χ0v) is 14.0. The Morgan fingerprint density at radius 3 is 1.70 bits per heavy atom. The minimum absolute atomic E-state index is 0.857. The number of pyridine rings is 2. The van der Waals surface area contributed by atoms with E-state index in [1.807, 2.05) is 24.5 Å². The van der Waals surface area contributed by atoms with E-state index in [2.05, 4.69) is 52.4 Å². The van der Waals surface area contributed by atoms with Crippen LogP contribution < -0.4 is 4.57 Å². The van der Waals surface area contributed by atoms with Gasteiger partial charge in [-0.2, -0.15) is 0 Å². The highest BCUT2D eigenvalue weighted by Gasteiger charge is 2.04. The molecule has 3 heterocycles. The topological polar surface area (TPSA) is 42.5 Å². The Morgan fingerprint density at radius 1 is 0.783 bits per heavy atom. The second-order valence-electron chi connectivity index (χ2n) is 5.15. The zero-order chi connectivity index (χ0) is 16.5. The molecule has 4 heteroatoms. The summed E-state index contributed by atoms with van der Waals surface area (Å²) in [6.45, 7) is 7.33. The number of hydrogen-bond acceptors (Lipinski definition) is 3. The Hall–Kier alpha value is -2.62. The molecule has 0 aliphatic rings. The molecule has 0 aliphatic heterocycles. The summed E-state index contributed by atoms with van der Waals surface area (Å²) in [5, 5.41) is 0. The third kappa shape index (κ3) is 4.68. The standard InChI is InChI=1S/C16H15N4.C3H8/c1-2-20-9-5-14(6-10-20)16-12-18-15(11-19-16)13-3-7-17-8-4-13;1-3-2/h3-12H,2H2,1H3;3H2,1-2H3/q+1;. The number of hydrogen-bond donors (Lipinski definition) is 0. The van der Waals surface area contributed by atoms with Gasteiger partial charge in [-0.3, -0.25) is 15.0 Å². The predicted octanol–water partition coefficient (Wildman–Crippen LogP) is 3.93. The smallest absolute Gasteiger partial charge is 0.169 e. The molecule has 3 rings (SSSR count). The summed E-state index contributed by atoms with van der Waals surface area (Å²) in [6.07, 6.45) is 12.5. The summed E-state index contributed by atoms with van der Waals surface area (Å²) < 4.78 is 2.11. The molecule has 0 unspecified atom stereocenters. The molecule has 118 valence electrons. The highest BCUT2D eigenvalue weighted by Crippen LogP contribution is 2.18. The van der Waals surface area contributed by atoms with E-state index >= 15 is 0 Å². The fourth-order valence-electron chi connectivity index (χ4n) is 1.99. The van der Waals surface area contributed by atoms with Crippen LogP contribution >= 0.6 is 0 Å². The van der Waals surface area contributed by atoms with Crippen LogP contribution in [-0.2, 0) is 6.54 Å². The van der Waals surface area contributed by atoms with E-state index in [9.17, 15) is 0 Å². The molecule has 0 spiro atoms.